The molecule has 0 heterocycles. The van der Waals surface area contributed by atoms with Crippen LogP contribution in [0.5, 0.6) is 0 Å². The van der Waals surface area contributed by atoms with Crippen LogP contribution >= 0.6 is 34.8 Å². The number of carbonyl (C=O) groups is 1. The Hall–Kier alpha value is -0.480. The first kappa shape index (κ1) is 11.6. The first-order chi connectivity index (χ1) is 6.43. The Kier molecular flexibility index (Phi) is 3.61. The minimum absolute atomic E-state index is 0.0218. The zero-order valence-corrected chi connectivity index (χ0v) is 8.94. The van der Waals surface area contributed by atoms with Crippen molar-refractivity contribution in [2.24, 2.45) is 0 Å². The van der Waals surface area contributed by atoms with E-state index in [0.717, 1.165) is 0 Å². The second-order valence-electron chi connectivity index (χ2n) is 2.53. The largest absolute Gasteiger partial charge is 0.479 e. The van der Waals surface area contributed by atoms with Gasteiger partial charge >= 0.3 is 5.97 Å². The highest BCUT2D eigenvalue weighted by molar-refractivity contribution is 6.43. The van der Waals surface area contributed by atoms with E-state index in [1.54, 1.807) is 0 Å². The molecule has 0 spiro atoms. The summed E-state index contributed by atoms with van der Waals surface area (Å²) in [6.45, 7) is 0. The molecule has 0 saturated carbocycles. The molecule has 0 bridgehead atoms. The molecule has 0 aliphatic carbocycles. The number of rotatable bonds is 2. The number of aliphatic carboxylic acids is 1. The third-order valence-corrected chi connectivity index (χ3v) is 2.62. The summed E-state index contributed by atoms with van der Waals surface area (Å²) >= 11 is 16.9. The molecule has 0 aromatic heterocycles. The maximum Gasteiger partial charge on any atom is 0.337 e. The van der Waals surface area contributed by atoms with Crippen LogP contribution < -0.4 is 0 Å². The summed E-state index contributed by atoms with van der Waals surface area (Å²) in [5.41, 5.74) is 0.0218. The molecule has 3 nitrogen and oxygen atoms in total. The van der Waals surface area contributed by atoms with Crippen LogP contribution in [0, 0.1) is 0 Å². The van der Waals surface area contributed by atoms with Gasteiger partial charge in [-0.2, -0.15) is 0 Å². The average molecular weight is 255 g/mol. The van der Waals surface area contributed by atoms with Gasteiger partial charge in [-0.15, -0.1) is 0 Å². The van der Waals surface area contributed by atoms with Gasteiger partial charge in [0.15, 0.2) is 6.10 Å². The molecular weight excluding hydrogens is 250 g/mol. The second kappa shape index (κ2) is 4.36. The van der Waals surface area contributed by atoms with Crippen molar-refractivity contribution in [2.75, 3.05) is 0 Å². The molecule has 0 fully saturated rings. The van der Waals surface area contributed by atoms with Crippen LogP contribution in [-0.4, -0.2) is 16.2 Å². The van der Waals surface area contributed by atoms with Gasteiger partial charge in [-0.3, -0.25) is 0 Å². The lowest BCUT2D eigenvalue weighted by Gasteiger charge is -2.09. The van der Waals surface area contributed by atoms with Crippen molar-refractivity contribution in [3.05, 3.63) is 32.8 Å². The van der Waals surface area contributed by atoms with Crippen LogP contribution in [0.25, 0.3) is 0 Å². The fraction of sp³-hybridized carbons (Fsp3) is 0.125. The van der Waals surface area contributed by atoms with Crippen molar-refractivity contribution in [1.29, 1.82) is 0 Å². The number of benzene rings is 1. The Bertz CT molecular complexity index is 378. The minimum atomic E-state index is -1.70. The summed E-state index contributed by atoms with van der Waals surface area (Å²) in [7, 11) is 0. The Balaban J connectivity index is 3.22. The number of hydrogen-bond donors (Lipinski definition) is 2. The third-order valence-electron chi connectivity index (χ3n) is 1.57. The van der Waals surface area contributed by atoms with Crippen LogP contribution in [0.4, 0.5) is 0 Å². The number of carboxylic acids is 1. The molecule has 1 unspecified atom stereocenters. The SMILES string of the molecule is O=C(O)C(O)c1cc(Cl)c(Cl)cc1Cl. The number of carboxylic acid groups (broad SMARTS) is 1. The van der Waals surface area contributed by atoms with E-state index >= 15 is 0 Å². The quantitative estimate of drug-likeness (QED) is 0.799. The summed E-state index contributed by atoms with van der Waals surface area (Å²) in [5, 5.41) is 18.2. The van der Waals surface area contributed by atoms with E-state index in [1.165, 1.54) is 12.1 Å². The van der Waals surface area contributed by atoms with Gasteiger partial charge in [0, 0.05) is 10.6 Å². The van der Waals surface area contributed by atoms with Gasteiger partial charge in [0.2, 0.25) is 0 Å². The molecule has 2 N–H and O–H groups in total. The van der Waals surface area contributed by atoms with Crippen molar-refractivity contribution in [3.63, 3.8) is 0 Å². The molecule has 0 saturated heterocycles. The Labute approximate surface area is 94.8 Å². The smallest absolute Gasteiger partial charge is 0.337 e. The predicted molar refractivity (Wildman–Crippen MR) is 54.1 cm³/mol. The van der Waals surface area contributed by atoms with Crippen LogP contribution in [0.3, 0.4) is 0 Å². The van der Waals surface area contributed by atoms with Crippen molar-refractivity contribution in [2.45, 2.75) is 6.10 Å². The van der Waals surface area contributed by atoms with Crippen LogP contribution in [0.1, 0.15) is 11.7 Å². The van der Waals surface area contributed by atoms with E-state index in [1.807, 2.05) is 0 Å². The van der Waals surface area contributed by atoms with Crippen molar-refractivity contribution >= 4 is 40.8 Å². The molecule has 1 aromatic carbocycles. The molecule has 1 aromatic rings. The fourth-order valence-corrected chi connectivity index (χ4v) is 1.54. The Morgan fingerprint density at radius 1 is 1.14 bits per heavy atom. The van der Waals surface area contributed by atoms with E-state index in [4.69, 9.17) is 39.9 Å². The van der Waals surface area contributed by atoms with Crippen molar-refractivity contribution in [1.82, 2.24) is 0 Å². The van der Waals surface area contributed by atoms with Gasteiger partial charge in [0.1, 0.15) is 0 Å². The van der Waals surface area contributed by atoms with E-state index in [9.17, 15) is 9.90 Å². The van der Waals surface area contributed by atoms with E-state index in [-0.39, 0.29) is 20.6 Å². The highest BCUT2D eigenvalue weighted by atomic mass is 35.5. The van der Waals surface area contributed by atoms with Gasteiger partial charge in [-0.25, -0.2) is 4.79 Å². The summed E-state index contributed by atoms with van der Waals surface area (Å²) in [6, 6.07) is 2.51. The van der Waals surface area contributed by atoms with Crippen LogP contribution in [-0.2, 0) is 4.79 Å². The molecule has 14 heavy (non-hydrogen) atoms. The minimum Gasteiger partial charge on any atom is -0.479 e. The lowest BCUT2D eigenvalue weighted by atomic mass is 10.1. The Morgan fingerprint density at radius 3 is 2.14 bits per heavy atom. The maximum absolute atomic E-state index is 10.5. The summed E-state index contributed by atoms with van der Waals surface area (Å²) in [6.07, 6.45) is -1.70. The fourth-order valence-electron chi connectivity index (χ4n) is 0.881. The molecular formula is C8H5Cl3O3. The summed E-state index contributed by atoms with van der Waals surface area (Å²) < 4.78 is 0. The van der Waals surface area contributed by atoms with Gasteiger partial charge in [0.25, 0.3) is 0 Å². The first-order valence-corrected chi connectivity index (χ1v) is 4.62. The molecule has 0 radical (unpaired) electrons. The summed E-state index contributed by atoms with van der Waals surface area (Å²) in [5.74, 6) is -1.40. The number of aliphatic hydroxyl groups is 1. The van der Waals surface area contributed by atoms with Gasteiger partial charge in [0.05, 0.1) is 10.0 Å². The lowest BCUT2D eigenvalue weighted by Crippen LogP contribution is -2.10. The van der Waals surface area contributed by atoms with E-state index < -0.39 is 12.1 Å². The van der Waals surface area contributed by atoms with E-state index in [2.05, 4.69) is 0 Å². The van der Waals surface area contributed by atoms with Crippen molar-refractivity contribution in [3.8, 4) is 0 Å². The maximum atomic E-state index is 10.5. The standard InChI is InChI=1S/C8H5Cl3O3/c9-4-2-6(11)5(10)1-3(4)7(12)8(13)14/h1-2,7,12H,(H,13,14). The normalized spacial score (nSPS) is 12.6. The third kappa shape index (κ3) is 2.30. The van der Waals surface area contributed by atoms with Gasteiger partial charge in [-0.05, 0) is 12.1 Å². The lowest BCUT2D eigenvalue weighted by molar-refractivity contribution is -0.146. The molecule has 0 aliphatic rings. The number of aliphatic hydroxyl groups excluding tert-OH is 1. The molecule has 0 amide bonds. The van der Waals surface area contributed by atoms with E-state index in [0.29, 0.717) is 0 Å². The molecule has 1 atom stereocenters. The van der Waals surface area contributed by atoms with Crippen molar-refractivity contribution < 1.29 is 15.0 Å². The van der Waals surface area contributed by atoms with Crippen LogP contribution in [0.15, 0.2) is 12.1 Å². The second-order valence-corrected chi connectivity index (χ2v) is 3.75. The topological polar surface area (TPSA) is 57.5 Å². The molecule has 6 heteroatoms. The first-order valence-electron chi connectivity index (χ1n) is 3.48. The van der Waals surface area contributed by atoms with Crippen LogP contribution in [0.2, 0.25) is 15.1 Å². The van der Waals surface area contributed by atoms with Gasteiger partial charge in [-0.1, -0.05) is 34.8 Å². The highest BCUT2D eigenvalue weighted by Gasteiger charge is 2.20. The molecule has 0 aliphatic heterocycles. The van der Waals surface area contributed by atoms with Gasteiger partial charge < -0.3 is 10.2 Å². The zero-order valence-electron chi connectivity index (χ0n) is 6.67. The molecule has 1 rings (SSSR count). The number of hydrogen-bond acceptors (Lipinski definition) is 2. The Morgan fingerprint density at radius 2 is 1.64 bits per heavy atom. The number of halogens is 3. The highest BCUT2D eigenvalue weighted by Crippen LogP contribution is 2.32. The average Bonchev–Trinajstić information content (AvgIpc) is 2.10. The molecule has 76 valence electrons. The zero-order chi connectivity index (χ0) is 10.9. The monoisotopic (exact) mass is 254 g/mol. The summed E-state index contributed by atoms with van der Waals surface area (Å²) in [4.78, 5) is 10.5. The predicted octanol–water partition coefficient (Wildman–Crippen LogP) is 2.76.